The summed E-state index contributed by atoms with van der Waals surface area (Å²) in [7, 11) is 0. The van der Waals surface area contributed by atoms with E-state index in [1.54, 1.807) is 0 Å². The van der Waals surface area contributed by atoms with Gasteiger partial charge in [0.2, 0.25) is 0 Å². The van der Waals surface area contributed by atoms with E-state index in [9.17, 15) is 18.0 Å². The fourth-order valence-electron chi connectivity index (χ4n) is 1.76. The number of carbonyl (C=O) groups is 1. The van der Waals surface area contributed by atoms with E-state index < -0.39 is 17.0 Å². The molecule has 0 atom stereocenters. The summed E-state index contributed by atoms with van der Waals surface area (Å²) in [5, 5.41) is 8.98. The quantitative estimate of drug-likeness (QED) is 0.760. The molecule has 0 unspecified atom stereocenters. The predicted molar refractivity (Wildman–Crippen MR) is 69.2 cm³/mol. The van der Waals surface area contributed by atoms with Crippen molar-refractivity contribution >= 4 is 28.3 Å². The van der Waals surface area contributed by atoms with Gasteiger partial charge < -0.3 is 10.1 Å². The molecule has 5 nitrogen and oxygen atoms in total. The molecule has 0 aliphatic heterocycles. The number of aromatic nitrogens is 3. The molecule has 0 aliphatic rings. The molecule has 0 fully saturated rings. The topological polar surface area (TPSA) is 78.9 Å². The second kappa shape index (κ2) is 4.55. The second-order valence-corrected chi connectivity index (χ2v) is 5.18. The maximum absolute atomic E-state index is 12.5. The standard InChI is InChI=1S/C12H6F3N3O2S/c13-12(14,15)8-4-16-10(21-8)9-17-6-2-1-5(11(19)20)3-7(6)18-9/h1-4H,(H,17,18)(H,19,20). The first-order valence-electron chi connectivity index (χ1n) is 5.61. The van der Waals surface area contributed by atoms with Crippen LogP contribution in [0.1, 0.15) is 15.2 Å². The van der Waals surface area contributed by atoms with Gasteiger partial charge in [-0.15, -0.1) is 11.3 Å². The Morgan fingerprint density at radius 2 is 2.10 bits per heavy atom. The number of H-pyrrole nitrogens is 1. The average Bonchev–Trinajstić information content (AvgIpc) is 3.03. The molecular formula is C12H6F3N3O2S. The molecule has 21 heavy (non-hydrogen) atoms. The normalized spacial score (nSPS) is 12.0. The summed E-state index contributed by atoms with van der Waals surface area (Å²) < 4.78 is 37.6. The minimum atomic E-state index is -4.45. The van der Waals surface area contributed by atoms with Crippen molar-refractivity contribution < 1.29 is 23.1 Å². The number of aromatic carboxylic acids is 1. The summed E-state index contributed by atoms with van der Waals surface area (Å²) >= 11 is 0.472. The van der Waals surface area contributed by atoms with Gasteiger partial charge in [-0.3, -0.25) is 0 Å². The van der Waals surface area contributed by atoms with Crippen LogP contribution in [-0.2, 0) is 6.18 Å². The molecule has 0 bridgehead atoms. The van der Waals surface area contributed by atoms with Crippen LogP contribution in [0.15, 0.2) is 24.4 Å². The zero-order valence-electron chi connectivity index (χ0n) is 10.1. The first-order valence-corrected chi connectivity index (χ1v) is 6.43. The monoisotopic (exact) mass is 313 g/mol. The number of fused-ring (bicyclic) bond motifs is 1. The lowest BCUT2D eigenvalue weighted by atomic mass is 10.2. The minimum absolute atomic E-state index is 0.0628. The number of halogens is 3. The van der Waals surface area contributed by atoms with Crippen LogP contribution >= 0.6 is 11.3 Å². The summed E-state index contributed by atoms with van der Waals surface area (Å²) in [4.78, 5) is 20.6. The van der Waals surface area contributed by atoms with Crippen molar-refractivity contribution in [1.29, 1.82) is 0 Å². The number of rotatable bonds is 2. The van der Waals surface area contributed by atoms with Crippen LogP contribution in [0.2, 0.25) is 0 Å². The van der Waals surface area contributed by atoms with E-state index in [4.69, 9.17) is 5.11 Å². The molecule has 2 N–H and O–H groups in total. The lowest BCUT2D eigenvalue weighted by Gasteiger charge is -1.99. The van der Waals surface area contributed by atoms with E-state index in [1.165, 1.54) is 18.2 Å². The molecule has 3 rings (SSSR count). The van der Waals surface area contributed by atoms with E-state index in [2.05, 4.69) is 15.0 Å². The highest BCUT2D eigenvalue weighted by atomic mass is 32.1. The first-order chi connectivity index (χ1) is 9.84. The van der Waals surface area contributed by atoms with Gasteiger partial charge in [-0.2, -0.15) is 13.2 Å². The van der Waals surface area contributed by atoms with Crippen LogP contribution in [0.4, 0.5) is 13.2 Å². The third kappa shape index (κ3) is 2.47. The molecule has 108 valence electrons. The van der Waals surface area contributed by atoms with E-state index in [-0.39, 0.29) is 16.4 Å². The molecule has 2 heterocycles. The van der Waals surface area contributed by atoms with Crippen LogP contribution in [-0.4, -0.2) is 26.0 Å². The maximum atomic E-state index is 12.5. The van der Waals surface area contributed by atoms with Crippen LogP contribution in [0.3, 0.4) is 0 Å². The third-order valence-corrected chi connectivity index (χ3v) is 3.77. The molecule has 3 aromatic rings. The Bertz CT molecular complexity index is 838. The van der Waals surface area contributed by atoms with Gasteiger partial charge in [0.25, 0.3) is 0 Å². The van der Waals surface area contributed by atoms with Crippen molar-refractivity contribution in [3.8, 4) is 10.8 Å². The Kier molecular flexibility index (Phi) is 2.94. The summed E-state index contributed by atoms with van der Waals surface area (Å²) in [6.45, 7) is 0. The summed E-state index contributed by atoms with van der Waals surface area (Å²) in [6, 6.07) is 4.22. The van der Waals surface area contributed by atoms with Gasteiger partial charge >= 0.3 is 12.1 Å². The number of hydrogen-bond donors (Lipinski definition) is 2. The van der Waals surface area contributed by atoms with Gasteiger partial charge in [0.15, 0.2) is 10.8 Å². The molecule has 0 spiro atoms. The third-order valence-electron chi connectivity index (χ3n) is 2.72. The highest BCUT2D eigenvalue weighted by Crippen LogP contribution is 2.36. The highest BCUT2D eigenvalue weighted by molar-refractivity contribution is 7.15. The van der Waals surface area contributed by atoms with Crippen LogP contribution in [0, 0.1) is 0 Å². The van der Waals surface area contributed by atoms with Crippen molar-refractivity contribution in [2.45, 2.75) is 6.18 Å². The van der Waals surface area contributed by atoms with Crippen LogP contribution in [0.25, 0.3) is 21.9 Å². The van der Waals surface area contributed by atoms with Crippen LogP contribution in [0.5, 0.6) is 0 Å². The molecule has 1 aromatic carbocycles. The molecule has 0 aliphatic carbocycles. The van der Waals surface area contributed by atoms with Crippen molar-refractivity contribution in [3.05, 3.63) is 34.8 Å². The van der Waals surface area contributed by atoms with E-state index in [0.29, 0.717) is 22.4 Å². The van der Waals surface area contributed by atoms with Gasteiger partial charge in [-0.25, -0.2) is 14.8 Å². The molecule has 0 saturated heterocycles. The van der Waals surface area contributed by atoms with Crippen molar-refractivity contribution in [2.24, 2.45) is 0 Å². The lowest BCUT2D eigenvalue weighted by Crippen LogP contribution is -2.00. The largest absolute Gasteiger partial charge is 0.478 e. The van der Waals surface area contributed by atoms with Crippen molar-refractivity contribution in [2.75, 3.05) is 0 Å². The molecule has 9 heteroatoms. The maximum Gasteiger partial charge on any atom is 0.427 e. The smallest absolute Gasteiger partial charge is 0.427 e. The molecule has 2 aromatic heterocycles. The highest BCUT2D eigenvalue weighted by Gasteiger charge is 2.33. The van der Waals surface area contributed by atoms with E-state index >= 15 is 0 Å². The lowest BCUT2D eigenvalue weighted by molar-refractivity contribution is -0.134. The first kappa shape index (κ1) is 13.6. The van der Waals surface area contributed by atoms with E-state index in [1.807, 2.05) is 0 Å². The molecule has 0 amide bonds. The van der Waals surface area contributed by atoms with Gasteiger partial charge in [0, 0.05) is 0 Å². The number of carboxylic acid groups (broad SMARTS) is 1. The van der Waals surface area contributed by atoms with E-state index in [0.717, 1.165) is 6.20 Å². The number of benzene rings is 1. The molecule has 0 radical (unpaired) electrons. The number of carboxylic acids is 1. The van der Waals surface area contributed by atoms with Crippen molar-refractivity contribution in [1.82, 2.24) is 15.0 Å². The van der Waals surface area contributed by atoms with Crippen LogP contribution < -0.4 is 0 Å². The predicted octanol–water partition coefficient (Wildman–Crippen LogP) is 3.40. The van der Waals surface area contributed by atoms with Gasteiger partial charge in [-0.1, -0.05) is 0 Å². The molecular weight excluding hydrogens is 307 g/mol. The number of imidazole rings is 1. The minimum Gasteiger partial charge on any atom is -0.478 e. The number of nitrogens with one attached hydrogen (secondary N) is 1. The number of alkyl halides is 3. The Morgan fingerprint density at radius 1 is 1.33 bits per heavy atom. The Labute approximate surface area is 119 Å². The Balaban J connectivity index is 2.05. The summed E-state index contributed by atoms with van der Waals surface area (Å²) in [5.74, 6) is -0.922. The zero-order chi connectivity index (χ0) is 15.2. The Hall–Kier alpha value is -2.42. The second-order valence-electron chi connectivity index (χ2n) is 4.15. The van der Waals surface area contributed by atoms with Gasteiger partial charge in [0.1, 0.15) is 4.88 Å². The average molecular weight is 313 g/mol. The Morgan fingerprint density at radius 3 is 2.71 bits per heavy atom. The van der Waals surface area contributed by atoms with Gasteiger partial charge in [-0.05, 0) is 18.2 Å². The van der Waals surface area contributed by atoms with Gasteiger partial charge in [0.05, 0.1) is 22.8 Å². The molecule has 0 saturated carbocycles. The number of nitrogens with zero attached hydrogens (tertiary/aromatic N) is 2. The fraction of sp³-hybridized carbons (Fsp3) is 0.0833. The summed E-state index contributed by atoms with van der Waals surface area (Å²) in [5.41, 5.74) is 0.945. The number of hydrogen-bond acceptors (Lipinski definition) is 4. The van der Waals surface area contributed by atoms with Crippen molar-refractivity contribution in [3.63, 3.8) is 0 Å². The fourth-order valence-corrected chi connectivity index (χ4v) is 2.49. The number of aromatic amines is 1. The summed E-state index contributed by atoms with van der Waals surface area (Å²) in [6.07, 6.45) is -3.70. The SMILES string of the molecule is O=C(O)c1ccc2nc(-c3ncc(C(F)(F)F)s3)[nH]c2c1. The number of thiazole rings is 1. The zero-order valence-corrected chi connectivity index (χ0v) is 10.9.